The van der Waals surface area contributed by atoms with Crippen LogP contribution in [0.15, 0.2) is 0 Å². The number of carbonyl (C=O) groups excluding carboxylic acids is 2. The number of amides is 3. The number of carboxylic acid groups (broad SMARTS) is 1. The van der Waals surface area contributed by atoms with Gasteiger partial charge in [0.1, 0.15) is 6.04 Å². The van der Waals surface area contributed by atoms with Crippen molar-refractivity contribution < 1.29 is 19.5 Å². The number of carbonyl (C=O) groups is 3. The standard InChI is InChI=1S/C13H23N3O4/c1-2-13(6-3-7-13)8-15-12(20)16-9(11(18)19)4-5-10(14)17/h9H,2-8H2,1H3,(H2,14,17)(H,18,19)(H2,15,16,20)/t9-/m0/s1. The van der Waals surface area contributed by atoms with Crippen molar-refractivity contribution in [2.45, 2.75) is 51.5 Å². The maximum Gasteiger partial charge on any atom is 0.326 e. The molecule has 0 saturated heterocycles. The first kappa shape index (κ1) is 16.3. The van der Waals surface area contributed by atoms with Crippen LogP contribution < -0.4 is 16.4 Å². The van der Waals surface area contributed by atoms with Crippen LogP contribution in [0.25, 0.3) is 0 Å². The summed E-state index contributed by atoms with van der Waals surface area (Å²) in [6.07, 6.45) is 4.28. The van der Waals surface area contributed by atoms with E-state index < -0.39 is 23.9 Å². The van der Waals surface area contributed by atoms with Crippen molar-refractivity contribution in [3.05, 3.63) is 0 Å². The van der Waals surface area contributed by atoms with Crippen LogP contribution >= 0.6 is 0 Å². The predicted molar refractivity (Wildman–Crippen MR) is 73.0 cm³/mol. The first-order valence-corrected chi connectivity index (χ1v) is 6.94. The van der Waals surface area contributed by atoms with Crippen LogP contribution in [0.5, 0.6) is 0 Å². The number of aliphatic carboxylic acids is 1. The van der Waals surface area contributed by atoms with Crippen molar-refractivity contribution in [2.75, 3.05) is 6.54 Å². The highest BCUT2D eigenvalue weighted by atomic mass is 16.4. The fraction of sp³-hybridized carbons (Fsp3) is 0.769. The molecule has 0 bridgehead atoms. The minimum absolute atomic E-state index is 0.00297. The molecule has 3 amide bonds. The molecular weight excluding hydrogens is 262 g/mol. The second kappa shape index (κ2) is 7.12. The molecule has 1 fully saturated rings. The Kier molecular flexibility index (Phi) is 5.79. The molecular formula is C13H23N3O4. The third-order valence-electron chi connectivity index (χ3n) is 4.07. The van der Waals surface area contributed by atoms with Crippen molar-refractivity contribution in [1.82, 2.24) is 10.6 Å². The second-order valence-electron chi connectivity index (χ2n) is 5.43. The summed E-state index contributed by atoms with van der Waals surface area (Å²) in [4.78, 5) is 33.3. The van der Waals surface area contributed by atoms with Gasteiger partial charge in [0.25, 0.3) is 0 Å². The lowest BCUT2D eigenvalue weighted by atomic mass is 9.67. The molecule has 0 spiro atoms. The molecule has 0 aromatic carbocycles. The number of nitrogens with two attached hydrogens (primary N) is 1. The number of primary amides is 1. The van der Waals surface area contributed by atoms with E-state index >= 15 is 0 Å². The van der Waals surface area contributed by atoms with Gasteiger partial charge in [0, 0.05) is 13.0 Å². The molecule has 0 radical (unpaired) electrons. The SMILES string of the molecule is CCC1(CNC(=O)N[C@@H](CCC(N)=O)C(=O)O)CCC1. The minimum Gasteiger partial charge on any atom is -0.480 e. The first-order valence-electron chi connectivity index (χ1n) is 6.94. The van der Waals surface area contributed by atoms with Crippen LogP contribution in [0.4, 0.5) is 4.79 Å². The molecule has 1 aliphatic carbocycles. The molecule has 7 nitrogen and oxygen atoms in total. The summed E-state index contributed by atoms with van der Waals surface area (Å²) in [7, 11) is 0. The Morgan fingerprint density at radius 1 is 1.35 bits per heavy atom. The van der Waals surface area contributed by atoms with Gasteiger partial charge >= 0.3 is 12.0 Å². The molecule has 1 saturated carbocycles. The van der Waals surface area contributed by atoms with Crippen LogP contribution in [-0.4, -0.2) is 35.6 Å². The summed E-state index contributed by atoms with van der Waals surface area (Å²) in [6.45, 7) is 2.64. The molecule has 0 heterocycles. The molecule has 0 aromatic heterocycles. The zero-order valence-corrected chi connectivity index (χ0v) is 11.8. The Bertz CT molecular complexity index is 374. The van der Waals surface area contributed by atoms with Gasteiger partial charge in [-0.05, 0) is 31.1 Å². The van der Waals surface area contributed by atoms with Gasteiger partial charge in [-0.1, -0.05) is 13.3 Å². The van der Waals surface area contributed by atoms with Crippen molar-refractivity contribution in [3.8, 4) is 0 Å². The second-order valence-corrected chi connectivity index (χ2v) is 5.43. The number of rotatable bonds is 8. The summed E-state index contributed by atoms with van der Waals surface area (Å²) in [5.74, 6) is -1.76. The summed E-state index contributed by atoms with van der Waals surface area (Å²) in [5, 5.41) is 14.1. The van der Waals surface area contributed by atoms with E-state index in [0.29, 0.717) is 6.54 Å². The van der Waals surface area contributed by atoms with Gasteiger partial charge in [-0.25, -0.2) is 9.59 Å². The van der Waals surface area contributed by atoms with Gasteiger partial charge in [-0.2, -0.15) is 0 Å². The number of hydrogen-bond acceptors (Lipinski definition) is 3. The first-order chi connectivity index (χ1) is 9.38. The van der Waals surface area contributed by atoms with Crippen molar-refractivity contribution in [3.63, 3.8) is 0 Å². The van der Waals surface area contributed by atoms with Crippen molar-refractivity contribution >= 4 is 17.9 Å². The van der Waals surface area contributed by atoms with Gasteiger partial charge in [0.15, 0.2) is 0 Å². The fourth-order valence-electron chi connectivity index (χ4n) is 2.35. The van der Waals surface area contributed by atoms with Crippen LogP contribution in [0.3, 0.4) is 0 Å². The van der Waals surface area contributed by atoms with E-state index in [-0.39, 0.29) is 18.3 Å². The summed E-state index contributed by atoms with van der Waals surface area (Å²) in [5.41, 5.74) is 5.14. The Morgan fingerprint density at radius 3 is 2.40 bits per heavy atom. The van der Waals surface area contributed by atoms with E-state index in [4.69, 9.17) is 10.8 Å². The Labute approximate surface area is 118 Å². The minimum atomic E-state index is -1.17. The maximum absolute atomic E-state index is 11.7. The summed E-state index contributed by atoms with van der Waals surface area (Å²) >= 11 is 0. The molecule has 1 aliphatic rings. The molecule has 0 aromatic rings. The topological polar surface area (TPSA) is 122 Å². The molecule has 114 valence electrons. The van der Waals surface area contributed by atoms with Gasteiger partial charge in [-0.15, -0.1) is 0 Å². The highest BCUT2D eigenvalue weighted by Crippen LogP contribution is 2.42. The van der Waals surface area contributed by atoms with E-state index in [9.17, 15) is 14.4 Å². The highest BCUT2D eigenvalue weighted by molar-refractivity contribution is 5.83. The zero-order valence-electron chi connectivity index (χ0n) is 11.8. The molecule has 0 unspecified atom stereocenters. The maximum atomic E-state index is 11.7. The Hall–Kier alpha value is -1.79. The van der Waals surface area contributed by atoms with Crippen LogP contribution in [0.1, 0.15) is 45.4 Å². The molecule has 0 aliphatic heterocycles. The third-order valence-corrected chi connectivity index (χ3v) is 4.07. The van der Waals surface area contributed by atoms with Gasteiger partial charge < -0.3 is 21.5 Å². The van der Waals surface area contributed by atoms with Gasteiger partial charge in [-0.3, -0.25) is 4.79 Å². The number of carboxylic acids is 1. The molecule has 5 N–H and O–H groups in total. The normalized spacial score (nSPS) is 17.6. The summed E-state index contributed by atoms with van der Waals surface area (Å²) < 4.78 is 0. The molecule has 20 heavy (non-hydrogen) atoms. The molecule has 7 heteroatoms. The van der Waals surface area contributed by atoms with Crippen LogP contribution in [0.2, 0.25) is 0 Å². The Morgan fingerprint density at radius 2 is 2.00 bits per heavy atom. The van der Waals surface area contributed by atoms with E-state index in [1.165, 1.54) is 6.42 Å². The molecule has 1 atom stereocenters. The largest absolute Gasteiger partial charge is 0.480 e. The predicted octanol–water partition coefficient (Wildman–Crippen LogP) is 0.585. The van der Waals surface area contributed by atoms with Crippen LogP contribution in [-0.2, 0) is 9.59 Å². The fourth-order valence-corrected chi connectivity index (χ4v) is 2.35. The average Bonchev–Trinajstić information content (AvgIpc) is 2.33. The van der Waals surface area contributed by atoms with Crippen molar-refractivity contribution in [1.29, 1.82) is 0 Å². The Balaban J connectivity index is 2.37. The van der Waals surface area contributed by atoms with Gasteiger partial charge in [0.05, 0.1) is 0 Å². The van der Waals surface area contributed by atoms with E-state index in [2.05, 4.69) is 17.6 Å². The van der Waals surface area contributed by atoms with Gasteiger partial charge in [0.2, 0.25) is 5.91 Å². The van der Waals surface area contributed by atoms with E-state index in [0.717, 1.165) is 19.3 Å². The number of nitrogens with one attached hydrogen (secondary N) is 2. The third kappa shape index (κ3) is 4.71. The lowest BCUT2D eigenvalue weighted by Crippen LogP contribution is -2.50. The smallest absolute Gasteiger partial charge is 0.326 e. The summed E-state index contributed by atoms with van der Waals surface area (Å²) in [6, 6.07) is -1.61. The molecule has 1 rings (SSSR count). The number of hydrogen-bond donors (Lipinski definition) is 4. The van der Waals surface area contributed by atoms with Crippen LogP contribution in [0, 0.1) is 5.41 Å². The van der Waals surface area contributed by atoms with E-state index in [1.807, 2.05) is 0 Å². The number of urea groups is 1. The lowest BCUT2D eigenvalue weighted by Gasteiger charge is -2.41. The average molecular weight is 285 g/mol. The lowest BCUT2D eigenvalue weighted by molar-refractivity contribution is -0.139. The van der Waals surface area contributed by atoms with Crippen molar-refractivity contribution in [2.24, 2.45) is 11.1 Å². The van der Waals surface area contributed by atoms with E-state index in [1.54, 1.807) is 0 Å². The highest BCUT2D eigenvalue weighted by Gasteiger charge is 2.35. The zero-order chi connectivity index (χ0) is 15.2. The quantitative estimate of drug-likeness (QED) is 0.521. The monoisotopic (exact) mass is 285 g/mol.